The molecule has 5 aromatic rings. The SMILES string of the molecule is N#Cc1ccc(-n2c(-c3ccc(Br)cc3)nc3ccc4ccccc4c32)cc1. The smallest absolute Gasteiger partial charge is 0.145 e. The van der Waals surface area contributed by atoms with Gasteiger partial charge in [0.05, 0.1) is 22.7 Å². The number of halogens is 1. The number of hydrogen-bond acceptors (Lipinski definition) is 2. The largest absolute Gasteiger partial charge is 0.292 e. The van der Waals surface area contributed by atoms with Crippen molar-refractivity contribution in [1.29, 1.82) is 5.26 Å². The molecule has 0 unspecified atom stereocenters. The molecule has 3 nitrogen and oxygen atoms in total. The first kappa shape index (κ1) is 16.7. The second-order valence-corrected chi connectivity index (χ2v) is 7.51. The van der Waals surface area contributed by atoms with Crippen molar-refractivity contribution < 1.29 is 0 Å². The van der Waals surface area contributed by atoms with Crippen LogP contribution in [0.25, 0.3) is 38.9 Å². The fraction of sp³-hybridized carbons (Fsp3) is 0. The highest BCUT2D eigenvalue weighted by atomic mass is 79.9. The van der Waals surface area contributed by atoms with Gasteiger partial charge in [-0.05, 0) is 47.9 Å². The van der Waals surface area contributed by atoms with E-state index >= 15 is 0 Å². The van der Waals surface area contributed by atoms with E-state index in [9.17, 15) is 0 Å². The van der Waals surface area contributed by atoms with Crippen molar-refractivity contribution in [2.24, 2.45) is 0 Å². The maximum atomic E-state index is 9.16. The van der Waals surface area contributed by atoms with Gasteiger partial charge in [-0.15, -0.1) is 0 Å². The summed E-state index contributed by atoms with van der Waals surface area (Å²) in [5, 5.41) is 11.5. The van der Waals surface area contributed by atoms with Gasteiger partial charge in [0.2, 0.25) is 0 Å². The summed E-state index contributed by atoms with van der Waals surface area (Å²) in [6, 6.07) is 30.5. The molecule has 132 valence electrons. The van der Waals surface area contributed by atoms with Gasteiger partial charge in [-0.25, -0.2) is 4.98 Å². The molecule has 0 radical (unpaired) electrons. The number of nitriles is 1. The van der Waals surface area contributed by atoms with Gasteiger partial charge in [0, 0.05) is 21.1 Å². The van der Waals surface area contributed by atoms with Crippen LogP contribution >= 0.6 is 15.9 Å². The van der Waals surface area contributed by atoms with Crippen LogP contribution in [0.2, 0.25) is 0 Å². The van der Waals surface area contributed by atoms with E-state index in [1.54, 1.807) is 0 Å². The summed E-state index contributed by atoms with van der Waals surface area (Å²) >= 11 is 3.51. The predicted molar refractivity (Wildman–Crippen MR) is 116 cm³/mol. The van der Waals surface area contributed by atoms with E-state index in [1.165, 1.54) is 5.39 Å². The van der Waals surface area contributed by atoms with Gasteiger partial charge >= 0.3 is 0 Å². The molecule has 4 aromatic carbocycles. The Hall–Kier alpha value is -3.42. The molecule has 1 heterocycles. The Morgan fingerprint density at radius 2 is 1.57 bits per heavy atom. The normalized spacial score (nSPS) is 11.0. The molecule has 1 aromatic heterocycles. The van der Waals surface area contributed by atoms with E-state index < -0.39 is 0 Å². The average molecular weight is 424 g/mol. The van der Waals surface area contributed by atoms with Crippen molar-refractivity contribution in [2.75, 3.05) is 0 Å². The Morgan fingerprint density at radius 1 is 0.821 bits per heavy atom. The van der Waals surface area contributed by atoms with Crippen molar-refractivity contribution in [3.05, 3.63) is 95.0 Å². The molecule has 0 bridgehead atoms. The molecule has 0 N–H and O–H groups in total. The lowest BCUT2D eigenvalue weighted by molar-refractivity contribution is 1.10. The molecular weight excluding hydrogens is 410 g/mol. The highest BCUT2D eigenvalue weighted by Gasteiger charge is 2.16. The quantitative estimate of drug-likeness (QED) is 0.326. The number of imidazole rings is 1. The van der Waals surface area contributed by atoms with Crippen molar-refractivity contribution in [1.82, 2.24) is 9.55 Å². The lowest BCUT2D eigenvalue weighted by atomic mass is 10.1. The zero-order valence-corrected chi connectivity index (χ0v) is 16.4. The molecule has 4 heteroatoms. The van der Waals surface area contributed by atoms with E-state index in [2.05, 4.69) is 69.0 Å². The van der Waals surface area contributed by atoms with Gasteiger partial charge < -0.3 is 0 Å². The molecule has 0 atom stereocenters. The highest BCUT2D eigenvalue weighted by molar-refractivity contribution is 9.10. The van der Waals surface area contributed by atoms with Crippen LogP contribution in [0.1, 0.15) is 5.56 Å². The maximum absolute atomic E-state index is 9.16. The van der Waals surface area contributed by atoms with E-state index in [-0.39, 0.29) is 0 Å². The number of benzene rings is 4. The monoisotopic (exact) mass is 423 g/mol. The highest BCUT2D eigenvalue weighted by Crippen LogP contribution is 2.33. The molecule has 5 rings (SSSR count). The minimum Gasteiger partial charge on any atom is -0.292 e. The van der Waals surface area contributed by atoms with Gasteiger partial charge in [0.1, 0.15) is 5.82 Å². The molecule has 0 saturated heterocycles. The van der Waals surface area contributed by atoms with E-state index in [4.69, 9.17) is 10.2 Å². The summed E-state index contributed by atoms with van der Waals surface area (Å²) < 4.78 is 3.21. The summed E-state index contributed by atoms with van der Waals surface area (Å²) in [6.07, 6.45) is 0. The Bertz CT molecular complexity index is 1360. The van der Waals surface area contributed by atoms with Gasteiger partial charge in [-0.3, -0.25) is 4.57 Å². The molecule has 0 fully saturated rings. The van der Waals surface area contributed by atoms with E-state index in [1.807, 2.05) is 42.5 Å². The third kappa shape index (κ3) is 2.69. The molecule has 0 aliphatic rings. The number of nitrogens with zero attached hydrogens (tertiary/aromatic N) is 3. The Balaban J connectivity index is 1.89. The number of hydrogen-bond donors (Lipinski definition) is 0. The van der Waals surface area contributed by atoms with Crippen LogP contribution in [0, 0.1) is 11.3 Å². The van der Waals surface area contributed by atoms with Crippen LogP contribution in [0.5, 0.6) is 0 Å². The Morgan fingerprint density at radius 3 is 2.32 bits per heavy atom. The molecule has 28 heavy (non-hydrogen) atoms. The topological polar surface area (TPSA) is 41.6 Å². The van der Waals surface area contributed by atoms with Crippen LogP contribution in [-0.4, -0.2) is 9.55 Å². The summed E-state index contributed by atoms with van der Waals surface area (Å²) in [4.78, 5) is 4.96. The Kier molecular flexibility index (Phi) is 3.96. The third-order valence-corrected chi connectivity index (χ3v) is 5.43. The predicted octanol–water partition coefficient (Wildman–Crippen LogP) is 6.48. The number of rotatable bonds is 2. The Labute approximate surface area is 170 Å². The maximum Gasteiger partial charge on any atom is 0.145 e. The van der Waals surface area contributed by atoms with Crippen molar-refractivity contribution >= 4 is 37.7 Å². The second kappa shape index (κ2) is 6.63. The molecule has 0 saturated carbocycles. The van der Waals surface area contributed by atoms with E-state index in [0.717, 1.165) is 38.0 Å². The summed E-state index contributed by atoms with van der Waals surface area (Å²) in [5.41, 5.74) is 4.67. The summed E-state index contributed by atoms with van der Waals surface area (Å²) in [6.45, 7) is 0. The minimum atomic E-state index is 0.642. The van der Waals surface area contributed by atoms with Gasteiger partial charge in [0.25, 0.3) is 0 Å². The average Bonchev–Trinajstić information content (AvgIpc) is 3.14. The molecule has 0 amide bonds. The van der Waals surface area contributed by atoms with Crippen molar-refractivity contribution in [3.8, 4) is 23.1 Å². The molecule has 0 aliphatic carbocycles. The molecule has 0 aliphatic heterocycles. The van der Waals surface area contributed by atoms with Gasteiger partial charge in [-0.1, -0.05) is 58.4 Å². The first-order valence-corrected chi connectivity index (χ1v) is 9.70. The van der Waals surface area contributed by atoms with Crippen LogP contribution < -0.4 is 0 Å². The van der Waals surface area contributed by atoms with Crippen LogP contribution in [0.15, 0.2) is 89.4 Å². The first-order chi connectivity index (χ1) is 13.7. The van der Waals surface area contributed by atoms with Crippen molar-refractivity contribution in [2.45, 2.75) is 0 Å². The molecular formula is C24H14BrN3. The van der Waals surface area contributed by atoms with Gasteiger partial charge in [-0.2, -0.15) is 5.26 Å². The third-order valence-electron chi connectivity index (χ3n) is 4.90. The summed E-state index contributed by atoms with van der Waals surface area (Å²) in [7, 11) is 0. The van der Waals surface area contributed by atoms with Crippen LogP contribution in [0.3, 0.4) is 0 Å². The fourth-order valence-electron chi connectivity index (χ4n) is 3.57. The zero-order chi connectivity index (χ0) is 19.1. The molecule has 0 spiro atoms. The van der Waals surface area contributed by atoms with Gasteiger partial charge in [0.15, 0.2) is 0 Å². The minimum absolute atomic E-state index is 0.642. The first-order valence-electron chi connectivity index (χ1n) is 8.91. The zero-order valence-electron chi connectivity index (χ0n) is 14.8. The van der Waals surface area contributed by atoms with Crippen molar-refractivity contribution in [3.63, 3.8) is 0 Å². The van der Waals surface area contributed by atoms with Crippen LogP contribution in [0.4, 0.5) is 0 Å². The van der Waals surface area contributed by atoms with Crippen LogP contribution in [-0.2, 0) is 0 Å². The van der Waals surface area contributed by atoms with E-state index in [0.29, 0.717) is 5.56 Å². The standard InChI is InChI=1S/C24H14BrN3/c25-19-10-7-18(8-11-19)24-27-22-14-9-17-3-1-2-4-21(17)23(22)28(24)20-12-5-16(15-26)6-13-20/h1-14H. The fourth-order valence-corrected chi connectivity index (χ4v) is 3.83. The second-order valence-electron chi connectivity index (χ2n) is 6.59. The summed E-state index contributed by atoms with van der Waals surface area (Å²) in [5.74, 6) is 0.878. The number of aromatic nitrogens is 2. The lowest BCUT2D eigenvalue weighted by Gasteiger charge is -2.11. The number of fused-ring (bicyclic) bond motifs is 3. The lowest BCUT2D eigenvalue weighted by Crippen LogP contribution is -1.98.